The predicted octanol–water partition coefficient (Wildman–Crippen LogP) is 3.70. The Labute approximate surface area is 151 Å². The first kappa shape index (κ1) is 18.4. The largest absolute Gasteiger partial charge is 0.465 e. The van der Waals surface area contributed by atoms with Crippen LogP contribution in [0.25, 0.3) is 5.65 Å². The van der Waals surface area contributed by atoms with Crippen molar-refractivity contribution in [1.29, 1.82) is 0 Å². The number of nitrogens with zero attached hydrogens (tertiary/aromatic N) is 2. The Bertz CT molecular complexity index is 1020. The van der Waals surface area contributed by atoms with Gasteiger partial charge in [0.2, 0.25) is 0 Å². The molecule has 3 rings (SSSR count). The number of alkyl halides is 3. The van der Waals surface area contributed by atoms with Crippen LogP contribution >= 0.6 is 0 Å². The fraction of sp³-hybridized carbons (Fsp3) is 0.167. The number of fused-ring (bicyclic) bond motifs is 1. The topological polar surface area (TPSA) is 72.7 Å². The molecule has 6 nitrogen and oxygen atoms in total. The van der Waals surface area contributed by atoms with Crippen molar-refractivity contribution in [3.05, 3.63) is 65.1 Å². The number of carbonyl (C=O) groups is 2. The van der Waals surface area contributed by atoms with E-state index in [0.717, 1.165) is 16.7 Å². The molecule has 1 N–H and O–H groups in total. The standard InChI is InChI=1S/C18H14F3N3O3/c1-10-15(24-9-12(18(19,20)21)5-8-14(24)22-10)16(25)23-13-6-3-11(4-7-13)17(26)27-2/h3-9H,1-2H3,(H,23,25). The van der Waals surface area contributed by atoms with Gasteiger partial charge >= 0.3 is 12.1 Å². The molecule has 0 aliphatic rings. The van der Waals surface area contributed by atoms with Gasteiger partial charge in [0.25, 0.3) is 5.91 Å². The van der Waals surface area contributed by atoms with Gasteiger partial charge in [0.05, 0.1) is 23.9 Å². The maximum atomic E-state index is 13.0. The minimum absolute atomic E-state index is 0.00635. The fourth-order valence-electron chi connectivity index (χ4n) is 2.60. The number of halogens is 3. The normalized spacial score (nSPS) is 11.4. The monoisotopic (exact) mass is 377 g/mol. The van der Waals surface area contributed by atoms with Crippen LogP contribution in [0.1, 0.15) is 32.1 Å². The average Bonchev–Trinajstić information content (AvgIpc) is 2.95. The summed E-state index contributed by atoms with van der Waals surface area (Å²) in [6, 6.07) is 8.02. The van der Waals surface area contributed by atoms with Crippen molar-refractivity contribution in [2.45, 2.75) is 13.1 Å². The van der Waals surface area contributed by atoms with Crippen LogP contribution in [0.3, 0.4) is 0 Å². The smallest absolute Gasteiger partial charge is 0.417 e. The zero-order valence-corrected chi connectivity index (χ0v) is 14.3. The summed E-state index contributed by atoms with van der Waals surface area (Å²) >= 11 is 0. The highest BCUT2D eigenvalue weighted by Gasteiger charge is 2.31. The number of benzene rings is 1. The number of amides is 1. The number of hydrogen-bond acceptors (Lipinski definition) is 4. The molecule has 2 aromatic heterocycles. The number of carbonyl (C=O) groups excluding carboxylic acids is 2. The predicted molar refractivity (Wildman–Crippen MR) is 90.7 cm³/mol. The van der Waals surface area contributed by atoms with Crippen molar-refractivity contribution in [2.24, 2.45) is 0 Å². The number of rotatable bonds is 3. The lowest BCUT2D eigenvalue weighted by Gasteiger charge is -2.09. The van der Waals surface area contributed by atoms with Crippen LogP contribution in [0, 0.1) is 6.92 Å². The van der Waals surface area contributed by atoms with Gasteiger partial charge in [0.1, 0.15) is 11.3 Å². The Hall–Kier alpha value is -3.36. The second-order valence-corrected chi connectivity index (χ2v) is 5.71. The Morgan fingerprint density at radius 2 is 1.78 bits per heavy atom. The number of methoxy groups -OCH3 is 1. The SMILES string of the molecule is COC(=O)c1ccc(NC(=O)c2c(C)nc3ccc(C(F)(F)F)cn23)cc1. The molecule has 1 aromatic carbocycles. The van der Waals surface area contributed by atoms with Crippen molar-refractivity contribution < 1.29 is 27.5 Å². The number of aryl methyl sites for hydroxylation is 1. The van der Waals surface area contributed by atoms with Crippen LogP contribution in [0.15, 0.2) is 42.6 Å². The van der Waals surface area contributed by atoms with Gasteiger partial charge in [-0.1, -0.05) is 0 Å². The molecule has 0 unspecified atom stereocenters. The Balaban J connectivity index is 1.93. The van der Waals surface area contributed by atoms with Crippen molar-refractivity contribution in [3.8, 4) is 0 Å². The van der Waals surface area contributed by atoms with Gasteiger partial charge in [-0.05, 0) is 43.3 Å². The summed E-state index contributed by atoms with van der Waals surface area (Å²) in [6.45, 7) is 1.54. The van der Waals surface area contributed by atoms with Crippen molar-refractivity contribution >= 4 is 23.2 Å². The summed E-state index contributed by atoms with van der Waals surface area (Å²) in [7, 11) is 1.25. The fourth-order valence-corrected chi connectivity index (χ4v) is 2.60. The average molecular weight is 377 g/mol. The number of aromatic nitrogens is 2. The lowest BCUT2D eigenvalue weighted by molar-refractivity contribution is -0.137. The maximum Gasteiger partial charge on any atom is 0.417 e. The van der Waals surface area contributed by atoms with Crippen LogP contribution in [0.2, 0.25) is 0 Å². The molecule has 0 aliphatic carbocycles. The first-order valence-corrected chi connectivity index (χ1v) is 7.76. The molecule has 1 amide bonds. The third kappa shape index (κ3) is 3.62. The molecule has 3 aromatic rings. The summed E-state index contributed by atoms with van der Waals surface area (Å²) in [5.41, 5.74) is 0.298. The highest BCUT2D eigenvalue weighted by Crippen LogP contribution is 2.30. The highest BCUT2D eigenvalue weighted by atomic mass is 19.4. The van der Waals surface area contributed by atoms with E-state index in [4.69, 9.17) is 0 Å². The summed E-state index contributed by atoms with van der Waals surface area (Å²) < 4.78 is 44.6. The number of hydrogen-bond donors (Lipinski definition) is 1. The summed E-state index contributed by atoms with van der Waals surface area (Å²) in [6.07, 6.45) is -3.70. The number of anilines is 1. The molecule has 0 fully saturated rings. The molecule has 140 valence electrons. The third-order valence-corrected chi connectivity index (χ3v) is 3.90. The number of esters is 1. The van der Waals surface area contributed by atoms with E-state index in [1.54, 1.807) is 0 Å². The molecule has 0 aliphatic heterocycles. The second-order valence-electron chi connectivity index (χ2n) is 5.71. The van der Waals surface area contributed by atoms with E-state index in [1.807, 2.05) is 0 Å². The van der Waals surface area contributed by atoms with Gasteiger partial charge in [-0.2, -0.15) is 13.2 Å². The summed E-state index contributed by atoms with van der Waals surface area (Å²) in [5.74, 6) is -1.14. The summed E-state index contributed by atoms with van der Waals surface area (Å²) in [5, 5.41) is 2.59. The molecule has 0 saturated carbocycles. The van der Waals surface area contributed by atoms with Crippen LogP contribution in [-0.2, 0) is 10.9 Å². The zero-order valence-electron chi connectivity index (χ0n) is 14.3. The molecule has 2 heterocycles. The van der Waals surface area contributed by atoms with E-state index < -0.39 is 23.6 Å². The molecule has 0 spiro atoms. The Kier molecular flexibility index (Phi) is 4.61. The highest BCUT2D eigenvalue weighted by molar-refractivity contribution is 6.04. The van der Waals surface area contributed by atoms with Crippen LogP contribution in [0.4, 0.5) is 18.9 Å². The van der Waals surface area contributed by atoms with Gasteiger partial charge in [0, 0.05) is 11.9 Å². The van der Waals surface area contributed by atoms with E-state index in [1.165, 1.54) is 44.4 Å². The number of nitrogens with one attached hydrogen (secondary N) is 1. The van der Waals surface area contributed by atoms with E-state index in [0.29, 0.717) is 11.3 Å². The van der Waals surface area contributed by atoms with Crippen molar-refractivity contribution in [2.75, 3.05) is 12.4 Å². The number of imidazole rings is 1. The first-order chi connectivity index (χ1) is 12.7. The Morgan fingerprint density at radius 3 is 2.37 bits per heavy atom. The molecule has 0 atom stereocenters. The van der Waals surface area contributed by atoms with Crippen LogP contribution in [0.5, 0.6) is 0 Å². The third-order valence-electron chi connectivity index (χ3n) is 3.90. The van der Waals surface area contributed by atoms with Crippen molar-refractivity contribution in [1.82, 2.24) is 9.38 Å². The van der Waals surface area contributed by atoms with Gasteiger partial charge in [0.15, 0.2) is 0 Å². The molecule has 27 heavy (non-hydrogen) atoms. The molecular weight excluding hydrogens is 363 g/mol. The number of ether oxygens (including phenoxy) is 1. The van der Waals surface area contributed by atoms with E-state index >= 15 is 0 Å². The Morgan fingerprint density at radius 1 is 1.11 bits per heavy atom. The summed E-state index contributed by atoms with van der Waals surface area (Å²) in [4.78, 5) is 28.1. The first-order valence-electron chi connectivity index (χ1n) is 7.76. The lowest BCUT2D eigenvalue weighted by Crippen LogP contribution is -2.16. The minimum atomic E-state index is -4.54. The van der Waals surface area contributed by atoms with Crippen LogP contribution < -0.4 is 5.32 Å². The zero-order chi connectivity index (χ0) is 19.8. The molecule has 0 saturated heterocycles. The van der Waals surface area contributed by atoms with E-state index in [-0.39, 0.29) is 17.0 Å². The number of pyridine rings is 1. The quantitative estimate of drug-likeness (QED) is 0.707. The van der Waals surface area contributed by atoms with Crippen LogP contribution in [-0.4, -0.2) is 28.4 Å². The van der Waals surface area contributed by atoms with E-state index in [2.05, 4.69) is 15.0 Å². The lowest BCUT2D eigenvalue weighted by atomic mass is 10.2. The van der Waals surface area contributed by atoms with Gasteiger partial charge in [-0.25, -0.2) is 9.78 Å². The molecule has 9 heteroatoms. The molecular formula is C18H14F3N3O3. The maximum absolute atomic E-state index is 13.0. The van der Waals surface area contributed by atoms with Gasteiger partial charge in [-0.3, -0.25) is 9.20 Å². The van der Waals surface area contributed by atoms with Crippen molar-refractivity contribution in [3.63, 3.8) is 0 Å². The van der Waals surface area contributed by atoms with E-state index in [9.17, 15) is 22.8 Å². The molecule has 0 bridgehead atoms. The second kappa shape index (κ2) is 6.75. The van der Waals surface area contributed by atoms with Gasteiger partial charge in [-0.15, -0.1) is 0 Å². The minimum Gasteiger partial charge on any atom is -0.465 e. The molecule has 0 radical (unpaired) electrons. The van der Waals surface area contributed by atoms with Gasteiger partial charge < -0.3 is 10.1 Å².